The minimum absolute atomic E-state index is 0.127. The summed E-state index contributed by atoms with van der Waals surface area (Å²) in [6, 6.07) is 16.9. The molecule has 2 aromatic carbocycles. The van der Waals surface area contributed by atoms with Crippen LogP contribution < -0.4 is 10.6 Å². The van der Waals surface area contributed by atoms with Crippen LogP contribution >= 0.6 is 11.8 Å². The number of thioether (sulfide) groups is 1. The monoisotopic (exact) mass is 445 g/mol. The fraction of sp³-hybridized carbons (Fsp3) is 0.167. The van der Waals surface area contributed by atoms with E-state index in [0.29, 0.717) is 16.4 Å². The molecule has 0 saturated carbocycles. The van der Waals surface area contributed by atoms with Gasteiger partial charge in [-0.1, -0.05) is 42.1 Å². The number of pyridine rings is 1. The molecule has 7 nitrogen and oxygen atoms in total. The van der Waals surface area contributed by atoms with Crippen LogP contribution in [0.15, 0.2) is 66.0 Å². The van der Waals surface area contributed by atoms with Crippen LogP contribution in [0.3, 0.4) is 0 Å². The van der Waals surface area contributed by atoms with Crippen molar-refractivity contribution in [3.05, 3.63) is 83.0 Å². The van der Waals surface area contributed by atoms with Crippen molar-refractivity contribution < 1.29 is 9.59 Å². The summed E-state index contributed by atoms with van der Waals surface area (Å²) in [7, 11) is 0. The molecule has 4 aromatic rings. The molecule has 0 aliphatic rings. The second kappa shape index (κ2) is 9.23. The molecule has 2 heterocycles. The van der Waals surface area contributed by atoms with E-state index < -0.39 is 0 Å². The van der Waals surface area contributed by atoms with Gasteiger partial charge < -0.3 is 10.6 Å². The SMILES string of the molecule is Cc1cccc(NC(=O)c2ccc3nnc(SCC(=O)Nc4c(C)cccc4C)n3c2)c1. The topological polar surface area (TPSA) is 88.4 Å². The van der Waals surface area contributed by atoms with Crippen molar-refractivity contribution in [3.63, 3.8) is 0 Å². The Hall–Kier alpha value is -3.65. The van der Waals surface area contributed by atoms with E-state index >= 15 is 0 Å². The Balaban J connectivity index is 1.46. The van der Waals surface area contributed by atoms with Crippen LogP contribution in [0.2, 0.25) is 0 Å². The third-order valence-corrected chi connectivity index (χ3v) is 5.93. The Kier molecular flexibility index (Phi) is 6.23. The highest BCUT2D eigenvalue weighted by molar-refractivity contribution is 7.99. The first-order valence-corrected chi connectivity index (χ1v) is 11.1. The van der Waals surface area contributed by atoms with Gasteiger partial charge >= 0.3 is 0 Å². The number of carbonyl (C=O) groups is 2. The largest absolute Gasteiger partial charge is 0.325 e. The van der Waals surface area contributed by atoms with E-state index in [-0.39, 0.29) is 17.6 Å². The number of hydrogen-bond donors (Lipinski definition) is 2. The Morgan fingerprint density at radius 2 is 1.69 bits per heavy atom. The molecule has 0 fully saturated rings. The van der Waals surface area contributed by atoms with Crippen LogP contribution in [0, 0.1) is 20.8 Å². The summed E-state index contributed by atoms with van der Waals surface area (Å²) in [5.74, 6) is -0.179. The second-order valence-electron chi connectivity index (χ2n) is 7.56. The quantitative estimate of drug-likeness (QED) is 0.422. The van der Waals surface area contributed by atoms with Gasteiger partial charge in [0, 0.05) is 17.6 Å². The Bertz CT molecular complexity index is 1290. The van der Waals surface area contributed by atoms with Crippen LogP contribution in [0.5, 0.6) is 0 Å². The Morgan fingerprint density at radius 3 is 2.44 bits per heavy atom. The molecule has 8 heteroatoms. The molecule has 2 N–H and O–H groups in total. The standard InChI is InChI=1S/C24H23N5O2S/c1-15-6-4-9-19(12-15)25-23(31)18-10-11-20-27-28-24(29(20)13-18)32-14-21(30)26-22-16(2)7-5-8-17(22)3/h4-13H,14H2,1-3H3,(H,25,31)(H,26,30). The molecule has 0 saturated heterocycles. The molecule has 0 aliphatic heterocycles. The zero-order chi connectivity index (χ0) is 22.7. The van der Waals surface area contributed by atoms with Gasteiger partial charge in [-0.2, -0.15) is 0 Å². The number of nitrogens with zero attached hydrogens (tertiary/aromatic N) is 3. The van der Waals surface area contributed by atoms with Gasteiger partial charge in [-0.05, 0) is 61.7 Å². The maximum atomic E-state index is 12.7. The van der Waals surface area contributed by atoms with E-state index in [1.165, 1.54) is 11.8 Å². The molecular weight excluding hydrogens is 422 g/mol. The zero-order valence-electron chi connectivity index (χ0n) is 18.0. The van der Waals surface area contributed by atoms with Crippen LogP contribution in [0.1, 0.15) is 27.0 Å². The van der Waals surface area contributed by atoms with Gasteiger partial charge in [0.15, 0.2) is 10.8 Å². The van der Waals surface area contributed by atoms with Gasteiger partial charge in [-0.3, -0.25) is 14.0 Å². The number of hydrogen-bond acceptors (Lipinski definition) is 5. The van der Waals surface area contributed by atoms with Gasteiger partial charge in [0.2, 0.25) is 5.91 Å². The minimum Gasteiger partial charge on any atom is -0.325 e. The highest BCUT2D eigenvalue weighted by Crippen LogP contribution is 2.22. The predicted molar refractivity (Wildman–Crippen MR) is 127 cm³/mol. The second-order valence-corrected chi connectivity index (χ2v) is 8.50. The summed E-state index contributed by atoms with van der Waals surface area (Å²) in [6.45, 7) is 5.90. The first-order chi connectivity index (χ1) is 15.4. The van der Waals surface area contributed by atoms with Crippen molar-refractivity contribution in [1.82, 2.24) is 14.6 Å². The van der Waals surface area contributed by atoms with E-state index in [1.54, 1.807) is 22.7 Å². The van der Waals surface area contributed by atoms with E-state index in [0.717, 1.165) is 28.1 Å². The maximum Gasteiger partial charge on any atom is 0.257 e. The van der Waals surface area contributed by atoms with Gasteiger partial charge in [0.1, 0.15) is 0 Å². The molecule has 162 valence electrons. The summed E-state index contributed by atoms with van der Waals surface area (Å²) in [6.07, 6.45) is 1.69. The third kappa shape index (κ3) is 4.81. The molecule has 0 spiro atoms. The fourth-order valence-corrected chi connectivity index (χ4v) is 4.06. The van der Waals surface area contributed by atoms with Crippen molar-refractivity contribution in [2.45, 2.75) is 25.9 Å². The zero-order valence-corrected chi connectivity index (χ0v) is 18.9. The van der Waals surface area contributed by atoms with Crippen LogP contribution in [0.4, 0.5) is 11.4 Å². The van der Waals surface area contributed by atoms with Gasteiger partial charge in [-0.15, -0.1) is 10.2 Å². The summed E-state index contributed by atoms with van der Waals surface area (Å²) in [4.78, 5) is 25.2. The smallest absolute Gasteiger partial charge is 0.257 e. The highest BCUT2D eigenvalue weighted by Gasteiger charge is 2.14. The number of anilines is 2. The van der Waals surface area contributed by atoms with Crippen molar-refractivity contribution >= 4 is 40.6 Å². The van der Waals surface area contributed by atoms with Crippen molar-refractivity contribution in [3.8, 4) is 0 Å². The number of fused-ring (bicyclic) bond motifs is 1. The lowest BCUT2D eigenvalue weighted by Crippen LogP contribution is -2.16. The van der Waals surface area contributed by atoms with E-state index in [9.17, 15) is 9.59 Å². The van der Waals surface area contributed by atoms with E-state index in [4.69, 9.17) is 0 Å². The number of benzene rings is 2. The normalized spacial score (nSPS) is 10.8. The lowest BCUT2D eigenvalue weighted by molar-refractivity contribution is -0.113. The summed E-state index contributed by atoms with van der Waals surface area (Å²) >= 11 is 1.27. The lowest BCUT2D eigenvalue weighted by Gasteiger charge is -2.11. The number of nitrogens with one attached hydrogen (secondary N) is 2. The summed E-state index contributed by atoms with van der Waals surface area (Å²) in [5, 5.41) is 14.7. The molecule has 0 radical (unpaired) electrons. The molecule has 2 amide bonds. The van der Waals surface area contributed by atoms with Crippen LogP contribution in [0.25, 0.3) is 5.65 Å². The maximum absolute atomic E-state index is 12.7. The summed E-state index contributed by atoms with van der Waals surface area (Å²) < 4.78 is 1.72. The number of carbonyl (C=O) groups excluding carboxylic acids is 2. The van der Waals surface area contributed by atoms with Crippen molar-refractivity contribution in [1.29, 1.82) is 0 Å². The lowest BCUT2D eigenvalue weighted by atomic mass is 10.1. The van der Waals surface area contributed by atoms with Crippen LogP contribution in [-0.4, -0.2) is 32.2 Å². The van der Waals surface area contributed by atoms with Gasteiger partial charge in [0.25, 0.3) is 5.91 Å². The number of rotatable bonds is 6. The molecular formula is C24H23N5O2S. The third-order valence-electron chi connectivity index (χ3n) is 4.99. The molecule has 0 unspecified atom stereocenters. The van der Waals surface area contributed by atoms with Gasteiger partial charge in [0.05, 0.1) is 11.3 Å². The van der Waals surface area contributed by atoms with Gasteiger partial charge in [-0.25, -0.2) is 0 Å². The number of aryl methyl sites for hydroxylation is 3. The van der Waals surface area contributed by atoms with E-state index in [2.05, 4.69) is 20.8 Å². The number of para-hydroxylation sites is 1. The molecule has 0 aliphatic carbocycles. The fourth-order valence-electron chi connectivity index (χ4n) is 3.35. The minimum atomic E-state index is -0.227. The molecule has 32 heavy (non-hydrogen) atoms. The average molecular weight is 446 g/mol. The average Bonchev–Trinajstić information content (AvgIpc) is 3.17. The number of aromatic nitrogens is 3. The Labute approximate surface area is 190 Å². The van der Waals surface area contributed by atoms with Crippen LogP contribution in [-0.2, 0) is 4.79 Å². The highest BCUT2D eigenvalue weighted by atomic mass is 32.2. The first kappa shape index (κ1) is 21.6. The molecule has 4 rings (SSSR count). The Morgan fingerprint density at radius 1 is 0.938 bits per heavy atom. The molecule has 2 aromatic heterocycles. The summed E-state index contributed by atoms with van der Waals surface area (Å²) in [5.41, 5.74) is 5.74. The molecule has 0 atom stereocenters. The number of amides is 2. The predicted octanol–water partition coefficient (Wildman–Crippen LogP) is 4.64. The van der Waals surface area contributed by atoms with Crippen molar-refractivity contribution in [2.75, 3.05) is 16.4 Å². The molecule has 0 bridgehead atoms. The van der Waals surface area contributed by atoms with Crippen molar-refractivity contribution in [2.24, 2.45) is 0 Å². The van der Waals surface area contributed by atoms with E-state index in [1.807, 2.05) is 63.2 Å². The first-order valence-electron chi connectivity index (χ1n) is 10.1.